The maximum atomic E-state index is 10.9. The first-order valence-electron chi connectivity index (χ1n) is 6.47. The molecule has 0 spiro atoms. The van der Waals surface area contributed by atoms with Gasteiger partial charge in [-0.15, -0.1) is 24.0 Å². The van der Waals surface area contributed by atoms with Crippen LogP contribution in [0.4, 0.5) is 0 Å². The summed E-state index contributed by atoms with van der Waals surface area (Å²) in [5.74, 6) is 0.825. The largest absolute Gasteiger partial charge is 0.357 e. The van der Waals surface area contributed by atoms with E-state index in [0.717, 1.165) is 0 Å². The molecule has 0 radical (unpaired) electrons. The van der Waals surface area contributed by atoms with Crippen molar-refractivity contribution in [3.63, 3.8) is 0 Å². The summed E-state index contributed by atoms with van der Waals surface area (Å²) in [5, 5.41) is 15.2. The molecule has 0 saturated carbocycles. The summed E-state index contributed by atoms with van der Waals surface area (Å²) < 4.78 is 21.7. The van der Waals surface area contributed by atoms with Gasteiger partial charge in [0.2, 0.25) is 10.0 Å². The molecule has 0 aliphatic carbocycles. The molecule has 6 nitrogen and oxygen atoms in total. The van der Waals surface area contributed by atoms with Crippen molar-refractivity contribution in [3.05, 3.63) is 22.4 Å². The van der Waals surface area contributed by atoms with Crippen LogP contribution in [0.5, 0.6) is 0 Å². The van der Waals surface area contributed by atoms with Gasteiger partial charge in [-0.05, 0) is 29.3 Å². The molecule has 0 aromatic carbocycles. The molecule has 9 heteroatoms. The highest BCUT2D eigenvalue weighted by atomic mass is 127. The van der Waals surface area contributed by atoms with E-state index in [4.69, 9.17) is 5.14 Å². The van der Waals surface area contributed by atoms with Gasteiger partial charge in [-0.2, -0.15) is 11.3 Å². The number of thiophene rings is 1. The average molecular weight is 446 g/mol. The number of rotatable bonds is 7. The Hall–Kier alpha value is -0.390. The Morgan fingerprint density at radius 1 is 1.48 bits per heavy atom. The van der Waals surface area contributed by atoms with Crippen LogP contribution in [-0.2, 0) is 10.0 Å². The lowest BCUT2D eigenvalue weighted by Gasteiger charge is -2.12. The van der Waals surface area contributed by atoms with Crippen molar-refractivity contribution in [2.45, 2.75) is 19.8 Å². The predicted octanol–water partition coefficient (Wildman–Crippen LogP) is 1.31. The highest BCUT2D eigenvalue weighted by Gasteiger charge is 2.07. The summed E-state index contributed by atoms with van der Waals surface area (Å²) in [7, 11) is -3.45. The summed E-state index contributed by atoms with van der Waals surface area (Å²) in [6.07, 6.45) is 0. The lowest BCUT2D eigenvalue weighted by molar-refractivity contribution is 0.596. The number of nitrogens with zero attached hydrogens (tertiary/aromatic N) is 1. The molecule has 122 valence electrons. The maximum absolute atomic E-state index is 10.9. The summed E-state index contributed by atoms with van der Waals surface area (Å²) in [4.78, 5) is 4.45. The van der Waals surface area contributed by atoms with Crippen molar-refractivity contribution in [2.75, 3.05) is 25.4 Å². The lowest BCUT2D eigenvalue weighted by atomic mass is 10.1. The number of aliphatic imine (C=N–C) groups is 1. The lowest BCUT2D eigenvalue weighted by Crippen LogP contribution is -2.40. The van der Waals surface area contributed by atoms with Crippen LogP contribution in [0.25, 0.3) is 0 Å². The Balaban J connectivity index is 0.00000400. The van der Waals surface area contributed by atoms with Crippen molar-refractivity contribution in [2.24, 2.45) is 10.1 Å². The van der Waals surface area contributed by atoms with Crippen molar-refractivity contribution >= 4 is 51.3 Å². The molecule has 0 aliphatic rings. The molecule has 0 amide bonds. The SMILES string of the molecule is CCNC(=NCC(C)c1ccsc1)NCCS(N)(=O)=O.I. The van der Waals surface area contributed by atoms with Crippen LogP contribution < -0.4 is 15.8 Å². The van der Waals surface area contributed by atoms with Crippen LogP contribution in [-0.4, -0.2) is 39.8 Å². The highest BCUT2D eigenvalue weighted by molar-refractivity contribution is 14.0. The Morgan fingerprint density at radius 2 is 2.19 bits per heavy atom. The van der Waals surface area contributed by atoms with E-state index in [-0.39, 0.29) is 36.3 Å². The van der Waals surface area contributed by atoms with E-state index in [2.05, 4.69) is 34.0 Å². The van der Waals surface area contributed by atoms with Crippen molar-refractivity contribution in [3.8, 4) is 0 Å². The fourth-order valence-electron chi connectivity index (χ4n) is 1.54. The minimum Gasteiger partial charge on any atom is -0.357 e. The molecule has 0 bridgehead atoms. The Labute approximate surface area is 147 Å². The van der Waals surface area contributed by atoms with Gasteiger partial charge in [-0.1, -0.05) is 6.92 Å². The van der Waals surface area contributed by atoms with Crippen molar-refractivity contribution in [1.82, 2.24) is 10.6 Å². The van der Waals surface area contributed by atoms with Gasteiger partial charge in [0.15, 0.2) is 5.96 Å². The zero-order valence-electron chi connectivity index (χ0n) is 12.2. The molecule has 0 saturated heterocycles. The molecule has 1 aromatic rings. The zero-order valence-corrected chi connectivity index (χ0v) is 16.2. The van der Waals surface area contributed by atoms with Gasteiger partial charge in [-0.3, -0.25) is 4.99 Å². The average Bonchev–Trinajstić information content (AvgIpc) is 2.88. The smallest absolute Gasteiger partial charge is 0.210 e. The fourth-order valence-corrected chi connectivity index (χ4v) is 2.71. The van der Waals surface area contributed by atoms with Crippen LogP contribution in [0.3, 0.4) is 0 Å². The molecule has 1 heterocycles. The maximum Gasteiger partial charge on any atom is 0.210 e. The zero-order chi connectivity index (χ0) is 15.0. The molecule has 21 heavy (non-hydrogen) atoms. The number of halogens is 1. The molecule has 1 rings (SSSR count). The second-order valence-corrected chi connectivity index (χ2v) is 6.99. The van der Waals surface area contributed by atoms with E-state index < -0.39 is 10.0 Å². The fraction of sp³-hybridized carbons (Fsp3) is 0.583. The number of nitrogens with two attached hydrogens (primary N) is 1. The summed E-state index contributed by atoms with van der Waals surface area (Å²) in [5.41, 5.74) is 1.26. The number of nitrogens with one attached hydrogen (secondary N) is 2. The van der Waals surface area contributed by atoms with Crippen LogP contribution in [0, 0.1) is 0 Å². The number of sulfonamides is 1. The van der Waals surface area contributed by atoms with Gasteiger partial charge in [0, 0.05) is 25.6 Å². The molecule has 1 atom stereocenters. The molecule has 1 unspecified atom stereocenters. The normalized spacial score (nSPS) is 13.4. The third kappa shape index (κ3) is 9.27. The molecule has 1 aromatic heterocycles. The molecular weight excluding hydrogens is 423 g/mol. The van der Waals surface area contributed by atoms with Gasteiger partial charge in [0.25, 0.3) is 0 Å². The number of primary sulfonamides is 1. The van der Waals surface area contributed by atoms with Gasteiger partial charge in [0.05, 0.1) is 5.75 Å². The van der Waals surface area contributed by atoms with Gasteiger partial charge in [-0.25, -0.2) is 13.6 Å². The second kappa shape index (κ2) is 10.4. The molecule has 0 fully saturated rings. The third-order valence-corrected chi connectivity index (χ3v) is 4.13. The second-order valence-electron chi connectivity index (χ2n) is 4.47. The minimum absolute atomic E-state index is 0. The van der Waals surface area contributed by atoms with E-state index in [0.29, 0.717) is 25.0 Å². The minimum atomic E-state index is -3.45. The van der Waals surface area contributed by atoms with Crippen LogP contribution in [0.15, 0.2) is 21.8 Å². The van der Waals surface area contributed by atoms with Crippen LogP contribution >= 0.6 is 35.3 Å². The Morgan fingerprint density at radius 3 is 2.71 bits per heavy atom. The third-order valence-electron chi connectivity index (χ3n) is 2.66. The van der Waals surface area contributed by atoms with Gasteiger partial charge in [0.1, 0.15) is 0 Å². The molecule has 0 aliphatic heterocycles. The number of guanidine groups is 1. The first kappa shape index (κ1) is 20.6. The quantitative estimate of drug-likeness (QED) is 0.334. The van der Waals surface area contributed by atoms with Crippen LogP contribution in [0.1, 0.15) is 25.3 Å². The van der Waals surface area contributed by atoms with Crippen molar-refractivity contribution in [1.29, 1.82) is 0 Å². The Kier molecular flexibility index (Phi) is 10.2. The number of hydrogen-bond acceptors (Lipinski definition) is 4. The first-order valence-corrected chi connectivity index (χ1v) is 9.13. The van der Waals surface area contributed by atoms with Crippen molar-refractivity contribution < 1.29 is 8.42 Å². The van der Waals surface area contributed by atoms with Gasteiger partial charge >= 0.3 is 0 Å². The van der Waals surface area contributed by atoms with Gasteiger partial charge < -0.3 is 10.6 Å². The van der Waals surface area contributed by atoms with E-state index in [1.165, 1.54) is 5.56 Å². The monoisotopic (exact) mass is 446 g/mol. The van der Waals surface area contributed by atoms with E-state index in [1.807, 2.05) is 12.3 Å². The van der Waals surface area contributed by atoms with E-state index >= 15 is 0 Å². The summed E-state index contributed by atoms with van der Waals surface area (Å²) in [6.45, 7) is 5.67. The topological polar surface area (TPSA) is 96.6 Å². The highest BCUT2D eigenvalue weighted by Crippen LogP contribution is 2.18. The van der Waals surface area contributed by atoms with E-state index in [9.17, 15) is 8.42 Å². The predicted molar refractivity (Wildman–Crippen MR) is 100 cm³/mol. The van der Waals surface area contributed by atoms with Crippen LogP contribution in [0.2, 0.25) is 0 Å². The first-order chi connectivity index (χ1) is 9.42. The number of hydrogen-bond donors (Lipinski definition) is 3. The Bertz CT molecular complexity index is 517. The standard InChI is InChI=1S/C12H22N4O2S2.HI/c1-3-14-12(15-5-7-20(13,17)18)16-8-10(2)11-4-6-19-9-11;/h4,6,9-10H,3,5,7-8H2,1-2H3,(H2,13,17,18)(H2,14,15,16);1H. The van der Waals surface area contributed by atoms with E-state index in [1.54, 1.807) is 11.3 Å². The molecular formula is C12H23IN4O2S2. The summed E-state index contributed by atoms with van der Waals surface area (Å²) >= 11 is 1.67. The summed E-state index contributed by atoms with van der Waals surface area (Å²) in [6, 6.07) is 2.09. The molecule has 4 N–H and O–H groups in total.